The molecule has 1 aromatic carbocycles. The second-order valence-electron chi connectivity index (χ2n) is 5.82. The molecule has 0 unspecified atom stereocenters. The van der Waals surface area contributed by atoms with Gasteiger partial charge in [0, 0.05) is 0 Å². The van der Waals surface area contributed by atoms with E-state index in [0.717, 1.165) is 12.3 Å². The van der Waals surface area contributed by atoms with Gasteiger partial charge in [-0.25, -0.2) is 0 Å². The Labute approximate surface area is 105 Å². The molecule has 1 saturated carbocycles. The lowest BCUT2D eigenvalue weighted by molar-refractivity contribution is 0.437. The van der Waals surface area contributed by atoms with Crippen LogP contribution in [-0.4, -0.2) is 5.11 Å². The average molecular weight is 232 g/mol. The minimum Gasteiger partial charge on any atom is -0.508 e. The number of benzene rings is 1. The van der Waals surface area contributed by atoms with Gasteiger partial charge in [0.2, 0.25) is 0 Å². The van der Waals surface area contributed by atoms with Crippen molar-refractivity contribution in [1.29, 1.82) is 0 Å². The van der Waals surface area contributed by atoms with E-state index in [0.29, 0.717) is 11.7 Å². The lowest BCUT2D eigenvalue weighted by Gasteiger charge is -2.25. The summed E-state index contributed by atoms with van der Waals surface area (Å²) < 4.78 is 0. The first-order chi connectivity index (χ1) is 8.16. The summed E-state index contributed by atoms with van der Waals surface area (Å²) in [5.41, 5.74) is 2.86. The van der Waals surface area contributed by atoms with Gasteiger partial charge >= 0.3 is 0 Å². The van der Waals surface area contributed by atoms with Crippen LogP contribution < -0.4 is 0 Å². The van der Waals surface area contributed by atoms with Gasteiger partial charge in [-0.05, 0) is 54.4 Å². The smallest absolute Gasteiger partial charge is 0.115 e. The molecule has 1 heteroatoms. The monoisotopic (exact) mass is 232 g/mol. The molecule has 1 aromatic rings. The number of hydrogen-bond donors (Lipinski definition) is 1. The van der Waals surface area contributed by atoms with Crippen LogP contribution in [0.15, 0.2) is 18.2 Å². The lowest BCUT2D eigenvalue weighted by Crippen LogP contribution is -2.08. The molecule has 0 heterocycles. The van der Waals surface area contributed by atoms with E-state index < -0.39 is 0 Å². The maximum Gasteiger partial charge on any atom is 0.115 e. The first-order valence-electron chi connectivity index (χ1n) is 6.98. The zero-order chi connectivity index (χ0) is 12.3. The molecule has 1 N–H and O–H groups in total. The molecule has 0 aliphatic heterocycles. The predicted octanol–water partition coefficient (Wildman–Crippen LogP) is 4.64. The van der Waals surface area contributed by atoms with Crippen molar-refractivity contribution in [2.75, 3.05) is 0 Å². The fourth-order valence-electron chi connectivity index (χ4n) is 3.02. The molecule has 0 amide bonds. The summed E-state index contributed by atoms with van der Waals surface area (Å²) in [4.78, 5) is 0. The van der Waals surface area contributed by atoms with Crippen molar-refractivity contribution in [1.82, 2.24) is 0 Å². The minimum atomic E-state index is 0.417. The fraction of sp³-hybridized carbons (Fsp3) is 0.625. The quantitative estimate of drug-likeness (QED) is 0.805. The van der Waals surface area contributed by atoms with Crippen LogP contribution in [0, 0.1) is 5.92 Å². The molecule has 0 aromatic heterocycles. The molecule has 0 radical (unpaired) electrons. The van der Waals surface area contributed by atoms with Crippen molar-refractivity contribution < 1.29 is 5.11 Å². The summed E-state index contributed by atoms with van der Waals surface area (Å²) in [5, 5.41) is 9.65. The Morgan fingerprint density at radius 2 is 1.88 bits per heavy atom. The molecule has 1 nitrogen and oxygen atoms in total. The van der Waals surface area contributed by atoms with Crippen LogP contribution >= 0.6 is 0 Å². The van der Waals surface area contributed by atoms with Gasteiger partial charge in [0.05, 0.1) is 0 Å². The van der Waals surface area contributed by atoms with Gasteiger partial charge in [0.15, 0.2) is 0 Å². The van der Waals surface area contributed by atoms with E-state index in [9.17, 15) is 5.11 Å². The molecule has 0 spiro atoms. The summed E-state index contributed by atoms with van der Waals surface area (Å²) in [5.74, 6) is 1.80. The van der Waals surface area contributed by atoms with Crippen molar-refractivity contribution in [3.63, 3.8) is 0 Å². The zero-order valence-corrected chi connectivity index (χ0v) is 11.1. The Hall–Kier alpha value is -0.980. The third kappa shape index (κ3) is 3.24. The number of rotatable bonds is 3. The highest BCUT2D eigenvalue weighted by atomic mass is 16.3. The zero-order valence-electron chi connectivity index (χ0n) is 11.1. The van der Waals surface area contributed by atoms with Crippen molar-refractivity contribution in [3.05, 3.63) is 29.3 Å². The van der Waals surface area contributed by atoms with Gasteiger partial charge in [-0.1, -0.05) is 39.2 Å². The van der Waals surface area contributed by atoms with Gasteiger partial charge in [0.25, 0.3) is 0 Å². The predicted molar refractivity (Wildman–Crippen MR) is 72.5 cm³/mol. The van der Waals surface area contributed by atoms with Crippen LogP contribution in [0.4, 0.5) is 0 Å². The van der Waals surface area contributed by atoms with Crippen molar-refractivity contribution in [2.45, 2.75) is 58.3 Å². The second kappa shape index (κ2) is 5.57. The molecule has 0 atom stereocenters. The van der Waals surface area contributed by atoms with Crippen LogP contribution in [0.2, 0.25) is 0 Å². The lowest BCUT2D eigenvalue weighted by atomic mass is 9.80. The number of hydrogen-bond acceptors (Lipinski definition) is 1. The summed E-state index contributed by atoms with van der Waals surface area (Å²) in [6, 6.07) is 5.99. The van der Waals surface area contributed by atoms with Crippen LogP contribution in [0.25, 0.3) is 0 Å². The first kappa shape index (κ1) is 12.5. The van der Waals surface area contributed by atoms with Crippen LogP contribution in [0.3, 0.4) is 0 Å². The Balaban J connectivity index is 2.24. The summed E-state index contributed by atoms with van der Waals surface area (Å²) in [7, 11) is 0. The van der Waals surface area contributed by atoms with E-state index in [4.69, 9.17) is 0 Å². The summed E-state index contributed by atoms with van der Waals surface area (Å²) in [6.45, 7) is 4.49. The molecule has 1 fully saturated rings. The SMILES string of the molecule is CC(C)Cc1cc(O)ccc1C1CCCCC1. The topological polar surface area (TPSA) is 20.2 Å². The third-order valence-corrected chi connectivity index (χ3v) is 3.80. The third-order valence-electron chi connectivity index (χ3n) is 3.80. The van der Waals surface area contributed by atoms with Gasteiger partial charge in [-0.15, -0.1) is 0 Å². The van der Waals surface area contributed by atoms with Gasteiger partial charge in [-0.3, -0.25) is 0 Å². The number of phenolic OH excluding ortho intramolecular Hbond substituents is 1. The molecule has 1 aliphatic carbocycles. The van der Waals surface area contributed by atoms with Crippen molar-refractivity contribution in [2.24, 2.45) is 5.92 Å². The Morgan fingerprint density at radius 1 is 1.18 bits per heavy atom. The first-order valence-corrected chi connectivity index (χ1v) is 6.98. The maximum atomic E-state index is 9.65. The van der Waals surface area contributed by atoms with Crippen molar-refractivity contribution >= 4 is 0 Å². The van der Waals surface area contributed by atoms with E-state index in [1.165, 1.54) is 43.2 Å². The maximum absolute atomic E-state index is 9.65. The highest BCUT2D eigenvalue weighted by molar-refractivity contribution is 5.37. The van der Waals surface area contributed by atoms with E-state index >= 15 is 0 Å². The van der Waals surface area contributed by atoms with Gasteiger partial charge in [0.1, 0.15) is 5.75 Å². The van der Waals surface area contributed by atoms with Crippen molar-refractivity contribution in [3.8, 4) is 5.75 Å². The molecule has 0 bridgehead atoms. The van der Waals surface area contributed by atoms with E-state index in [1.54, 1.807) is 0 Å². The summed E-state index contributed by atoms with van der Waals surface area (Å²) >= 11 is 0. The second-order valence-corrected chi connectivity index (χ2v) is 5.82. The van der Waals surface area contributed by atoms with E-state index in [1.807, 2.05) is 12.1 Å². The highest BCUT2D eigenvalue weighted by Crippen LogP contribution is 2.36. The molecular formula is C16H24O. The molecule has 1 aliphatic rings. The molecule has 2 rings (SSSR count). The van der Waals surface area contributed by atoms with Gasteiger partial charge < -0.3 is 5.11 Å². The fourth-order valence-corrected chi connectivity index (χ4v) is 3.02. The molecule has 17 heavy (non-hydrogen) atoms. The summed E-state index contributed by atoms with van der Waals surface area (Å²) in [6.07, 6.45) is 7.87. The molecule has 0 saturated heterocycles. The number of phenols is 1. The molecular weight excluding hydrogens is 208 g/mol. The average Bonchev–Trinajstić information content (AvgIpc) is 2.29. The molecule has 94 valence electrons. The Kier molecular flexibility index (Phi) is 4.09. The Morgan fingerprint density at radius 3 is 2.53 bits per heavy atom. The Bertz CT molecular complexity index is 362. The van der Waals surface area contributed by atoms with Crippen LogP contribution in [0.5, 0.6) is 5.75 Å². The largest absolute Gasteiger partial charge is 0.508 e. The van der Waals surface area contributed by atoms with Crippen LogP contribution in [-0.2, 0) is 6.42 Å². The normalized spacial score (nSPS) is 17.6. The van der Waals surface area contributed by atoms with Gasteiger partial charge in [-0.2, -0.15) is 0 Å². The standard InChI is InChI=1S/C16H24O/c1-12(2)10-14-11-15(17)8-9-16(14)13-6-4-3-5-7-13/h8-9,11-13,17H,3-7,10H2,1-2H3. The van der Waals surface area contributed by atoms with E-state index in [2.05, 4.69) is 19.9 Å². The highest BCUT2D eigenvalue weighted by Gasteiger charge is 2.18. The number of aromatic hydroxyl groups is 1. The van der Waals surface area contributed by atoms with Crippen LogP contribution in [0.1, 0.15) is 63.0 Å². The van der Waals surface area contributed by atoms with E-state index in [-0.39, 0.29) is 0 Å². The minimum absolute atomic E-state index is 0.417.